The van der Waals surface area contributed by atoms with Crippen LogP contribution in [-0.4, -0.2) is 26.2 Å². The molecule has 8 heavy (non-hydrogen) atoms. The molecule has 0 unspecified atom stereocenters. The fraction of sp³-hybridized carbons (Fsp3) is 1.00. The number of hydrogen-bond donors (Lipinski definition) is 3. The predicted molar refractivity (Wildman–Crippen MR) is 31.0 cm³/mol. The summed E-state index contributed by atoms with van der Waals surface area (Å²) in [5.74, 6) is 0. The van der Waals surface area contributed by atoms with Gasteiger partial charge in [0.2, 0.25) is 0 Å². The van der Waals surface area contributed by atoms with Gasteiger partial charge in [-0.25, -0.2) is 0 Å². The Morgan fingerprint density at radius 1 is 1.00 bits per heavy atom. The third-order valence-electron chi connectivity index (χ3n) is 0.642. The van der Waals surface area contributed by atoms with Crippen molar-refractivity contribution in [3.8, 4) is 0 Å². The van der Waals surface area contributed by atoms with E-state index >= 15 is 0 Å². The topological polar surface area (TPSA) is 64.1 Å². The van der Waals surface area contributed by atoms with Crippen LogP contribution in [0, 0.1) is 0 Å². The van der Waals surface area contributed by atoms with E-state index in [4.69, 9.17) is 11.5 Å². The zero-order valence-corrected chi connectivity index (χ0v) is 6.72. The zero-order chi connectivity index (χ0) is 5.54. The Kier molecular flexibility index (Phi) is 14.9. The van der Waals surface area contributed by atoms with Gasteiger partial charge >= 0.3 is 0 Å². The maximum absolute atomic E-state index is 5.17. The third-order valence-corrected chi connectivity index (χ3v) is 0.642. The molecular formula is C4H13N3Tc. The fourth-order valence-corrected chi connectivity index (χ4v) is 0.329. The monoisotopic (exact) mass is 200 g/mol. The molecule has 0 amide bonds. The van der Waals surface area contributed by atoms with Gasteiger partial charge in [0.1, 0.15) is 0 Å². The number of rotatable bonds is 4. The van der Waals surface area contributed by atoms with Crippen LogP contribution in [0.4, 0.5) is 0 Å². The second-order valence-electron chi connectivity index (χ2n) is 1.33. The van der Waals surface area contributed by atoms with Crippen molar-refractivity contribution in [2.75, 3.05) is 26.2 Å². The van der Waals surface area contributed by atoms with Crippen LogP contribution >= 0.6 is 0 Å². The van der Waals surface area contributed by atoms with Gasteiger partial charge in [-0.15, -0.1) is 0 Å². The van der Waals surface area contributed by atoms with E-state index in [9.17, 15) is 0 Å². The van der Waals surface area contributed by atoms with Crippen LogP contribution in [0.25, 0.3) is 0 Å². The summed E-state index contributed by atoms with van der Waals surface area (Å²) in [5, 5.41) is 3.03. The molecule has 0 aromatic carbocycles. The van der Waals surface area contributed by atoms with Gasteiger partial charge in [0.15, 0.2) is 0 Å². The van der Waals surface area contributed by atoms with Crippen LogP contribution in [0.5, 0.6) is 0 Å². The number of hydrogen-bond acceptors (Lipinski definition) is 3. The Bertz CT molecular complexity index is 30.5. The molecule has 1 radical (unpaired) electrons. The van der Waals surface area contributed by atoms with Gasteiger partial charge in [0.05, 0.1) is 0 Å². The summed E-state index contributed by atoms with van der Waals surface area (Å²) in [5.41, 5.74) is 10.3. The third kappa shape index (κ3) is 9.73. The number of nitrogens with two attached hydrogens (primary N) is 2. The molecular weight excluding hydrogens is 188 g/mol. The molecule has 0 spiro atoms. The quantitative estimate of drug-likeness (QED) is 0.484. The van der Waals surface area contributed by atoms with Gasteiger partial charge < -0.3 is 16.8 Å². The summed E-state index contributed by atoms with van der Waals surface area (Å²) in [6.45, 7) is 3.13. The van der Waals surface area contributed by atoms with Crippen LogP contribution < -0.4 is 16.8 Å². The smallest absolute Gasteiger partial charge is 0.00750 e. The molecule has 0 aromatic heterocycles. The van der Waals surface area contributed by atoms with Crippen LogP contribution in [0.1, 0.15) is 0 Å². The SMILES string of the molecule is NCCNCCN.[Tc]. The van der Waals surface area contributed by atoms with E-state index in [1.165, 1.54) is 0 Å². The Balaban J connectivity index is 0. The van der Waals surface area contributed by atoms with Crippen LogP contribution in [-0.2, 0) is 20.1 Å². The summed E-state index contributed by atoms with van der Waals surface area (Å²) in [7, 11) is 0. The minimum Gasteiger partial charge on any atom is -0.329 e. The second-order valence-corrected chi connectivity index (χ2v) is 1.33. The molecule has 0 aliphatic heterocycles. The van der Waals surface area contributed by atoms with Crippen LogP contribution in [0.2, 0.25) is 0 Å². The van der Waals surface area contributed by atoms with Gasteiger partial charge in [0, 0.05) is 46.3 Å². The summed E-state index contributed by atoms with van der Waals surface area (Å²) in [6, 6.07) is 0. The van der Waals surface area contributed by atoms with Crippen molar-refractivity contribution >= 4 is 0 Å². The minimum absolute atomic E-state index is 0. The summed E-state index contributed by atoms with van der Waals surface area (Å²) < 4.78 is 0. The van der Waals surface area contributed by atoms with E-state index in [1.807, 2.05) is 0 Å². The van der Waals surface area contributed by atoms with Crippen molar-refractivity contribution in [2.45, 2.75) is 0 Å². The molecule has 5 N–H and O–H groups in total. The summed E-state index contributed by atoms with van der Waals surface area (Å²) >= 11 is 0. The summed E-state index contributed by atoms with van der Waals surface area (Å²) in [6.07, 6.45) is 0. The molecule has 0 saturated carbocycles. The van der Waals surface area contributed by atoms with E-state index in [0.717, 1.165) is 13.1 Å². The van der Waals surface area contributed by atoms with E-state index in [-0.39, 0.29) is 20.1 Å². The van der Waals surface area contributed by atoms with Crippen molar-refractivity contribution < 1.29 is 20.1 Å². The van der Waals surface area contributed by atoms with Gasteiger partial charge in [-0.05, 0) is 0 Å². The Hall–Kier alpha value is 0.529. The van der Waals surface area contributed by atoms with Crippen molar-refractivity contribution in [1.82, 2.24) is 5.32 Å². The van der Waals surface area contributed by atoms with Crippen molar-refractivity contribution in [3.05, 3.63) is 0 Å². The molecule has 0 saturated heterocycles. The molecule has 3 nitrogen and oxygen atoms in total. The maximum atomic E-state index is 5.17. The Morgan fingerprint density at radius 3 is 1.62 bits per heavy atom. The average Bonchev–Trinajstić information content (AvgIpc) is 1.69. The largest absolute Gasteiger partial charge is 0.329 e. The second kappa shape index (κ2) is 10.5. The molecule has 0 aromatic rings. The molecule has 0 heterocycles. The normalized spacial score (nSPS) is 8.25. The molecule has 0 atom stereocenters. The first-order chi connectivity index (χ1) is 3.41. The molecule has 0 bridgehead atoms. The van der Waals surface area contributed by atoms with Gasteiger partial charge in [-0.1, -0.05) is 0 Å². The first-order valence-corrected chi connectivity index (χ1v) is 2.52. The van der Waals surface area contributed by atoms with E-state index in [0.29, 0.717) is 13.1 Å². The number of nitrogens with one attached hydrogen (secondary N) is 1. The van der Waals surface area contributed by atoms with Crippen molar-refractivity contribution in [2.24, 2.45) is 11.5 Å². The summed E-state index contributed by atoms with van der Waals surface area (Å²) in [4.78, 5) is 0. The van der Waals surface area contributed by atoms with E-state index < -0.39 is 0 Å². The van der Waals surface area contributed by atoms with Crippen molar-refractivity contribution in [1.29, 1.82) is 0 Å². The Morgan fingerprint density at radius 2 is 1.38 bits per heavy atom. The van der Waals surface area contributed by atoms with Gasteiger partial charge in [-0.2, -0.15) is 0 Å². The van der Waals surface area contributed by atoms with Crippen molar-refractivity contribution in [3.63, 3.8) is 0 Å². The molecule has 0 aliphatic rings. The van der Waals surface area contributed by atoms with Gasteiger partial charge in [-0.3, -0.25) is 0 Å². The molecule has 0 aliphatic carbocycles. The standard InChI is InChI=1S/C4H13N3.Tc/c5-1-3-7-4-2-6;/h7H,1-6H2;. The minimum atomic E-state index is 0. The predicted octanol–water partition coefficient (Wildman–Crippen LogP) is -1.51. The molecule has 0 fully saturated rings. The van der Waals surface area contributed by atoms with Crippen LogP contribution in [0.15, 0.2) is 0 Å². The van der Waals surface area contributed by atoms with E-state index in [1.54, 1.807) is 0 Å². The average molecular weight is 201 g/mol. The Labute approximate surface area is 63.5 Å². The first kappa shape index (κ1) is 11.3. The first-order valence-electron chi connectivity index (χ1n) is 2.52. The molecule has 4 heteroatoms. The maximum Gasteiger partial charge on any atom is 0.00750 e. The fourth-order valence-electron chi connectivity index (χ4n) is 0.329. The van der Waals surface area contributed by atoms with Crippen LogP contribution in [0.3, 0.4) is 0 Å². The molecule has 51 valence electrons. The van der Waals surface area contributed by atoms with E-state index in [2.05, 4.69) is 5.32 Å². The zero-order valence-electron chi connectivity index (χ0n) is 4.86. The van der Waals surface area contributed by atoms with Gasteiger partial charge in [0.25, 0.3) is 0 Å². The molecule has 0 rings (SSSR count).